The second-order valence-electron chi connectivity index (χ2n) is 6.72. The molecule has 0 bridgehead atoms. The number of nitrogens with one attached hydrogen (secondary N) is 1. The van der Waals surface area contributed by atoms with Crippen LogP contribution in [-0.2, 0) is 4.79 Å². The van der Waals surface area contributed by atoms with Crippen LogP contribution in [0.25, 0.3) is 0 Å². The quantitative estimate of drug-likeness (QED) is 0.813. The Morgan fingerprint density at radius 3 is 2.52 bits per heavy atom. The molecule has 2 atom stereocenters. The van der Waals surface area contributed by atoms with Crippen LogP contribution in [0.2, 0.25) is 0 Å². The number of thioether (sulfide) groups is 1. The normalized spacial score (nSPS) is 26.0. The van der Waals surface area contributed by atoms with E-state index in [0.29, 0.717) is 5.92 Å². The Labute approximate surface area is 133 Å². The summed E-state index contributed by atoms with van der Waals surface area (Å²) in [6.07, 6.45) is 5.95. The zero-order chi connectivity index (χ0) is 15.3. The first-order valence-electron chi connectivity index (χ1n) is 8.31. The third kappa shape index (κ3) is 4.36. The number of amides is 1. The maximum absolute atomic E-state index is 12.6. The van der Waals surface area contributed by atoms with E-state index in [9.17, 15) is 9.90 Å². The molecule has 0 aromatic heterocycles. The van der Waals surface area contributed by atoms with Gasteiger partial charge in [0, 0.05) is 24.6 Å². The molecular weight excluding hydrogens is 284 g/mol. The van der Waals surface area contributed by atoms with Crippen LogP contribution in [0.3, 0.4) is 0 Å². The number of hydrogen-bond acceptors (Lipinski definition) is 4. The first-order valence-corrected chi connectivity index (χ1v) is 9.47. The number of rotatable bonds is 5. The highest BCUT2D eigenvalue weighted by Crippen LogP contribution is 2.32. The van der Waals surface area contributed by atoms with Crippen LogP contribution in [0.4, 0.5) is 0 Å². The van der Waals surface area contributed by atoms with Gasteiger partial charge in [0.25, 0.3) is 0 Å². The maximum atomic E-state index is 12.6. The molecule has 0 unspecified atom stereocenters. The molecule has 1 amide bonds. The van der Waals surface area contributed by atoms with Gasteiger partial charge in [-0.3, -0.25) is 9.69 Å². The van der Waals surface area contributed by atoms with Crippen LogP contribution in [-0.4, -0.2) is 58.7 Å². The molecule has 4 nitrogen and oxygen atoms in total. The van der Waals surface area contributed by atoms with E-state index in [1.54, 1.807) is 0 Å². The Hall–Kier alpha value is -0.260. The molecule has 21 heavy (non-hydrogen) atoms. The molecule has 0 aromatic carbocycles. The van der Waals surface area contributed by atoms with Crippen LogP contribution in [0, 0.1) is 5.92 Å². The van der Waals surface area contributed by atoms with Gasteiger partial charge in [-0.05, 0) is 32.6 Å². The fourth-order valence-corrected chi connectivity index (χ4v) is 4.46. The third-order valence-corrected chi connectivity index (χ3v) is 6.16. The Morgan fingerprint density at radius 2 is 1.95 bits per heavy atom. The predicted molar refractivity (Wildman–Crippen MR) is 88.6 cm³/mol. The minimum atomic E-state index is -0.462. The van der Waals surface area contributed by atoms with Gasteiger partial charge in [-0.15, -0.1) is 0 Å². The van der Waals surface area contributed by atoms with Crippen molar-refractivity contribution in [1.29, 1.82) is 0 Å². The fraction of sp³-hybridized carbons (Fsp3) is 0.938. The lowest BCUT2D eigenvalue weighted by atomic mass is 9.76. The van der Waals surface area contributed by atoms with Crippen LogP contribution in [0.1, 0.15) is 46.0 Å². The van der Waals surface area contributed by atoms with Gasteiger partial charge in [-0.25, -0.2) is 0 Å². The second-order valence-corrected chi connectivity index (χ2v) is 7.95. The summed E-state index contributed by atoms with van der Waals surface area (Å²) >= 11 is 1.95. The zero-order valence-corrected chi connectivity index (χ0v) is 14.3. The van der Waals surface area contributed by atoms with Crippen molar-refractivity contribution in [3.05, 3.63) is 0 Å². The van der Waals surface area contributed by atoms with Gasteiger partial charge in [-0.1, -0.05) is 19.3 Å². The van der Waals surface area contributed by atoms with E-state index in [1.165, 1.54) is 19.3 Å². The SMILES string of the molecule is C[C@@H](C(=O)N[C@@](C)(CO)C1CCCCC1)N1CCSCC1. The molecule has 122 valence electrons. The molecule has 0 spiro atoms. The van der Waals surface area contributed by atoms with Crippen molar-refractivity contribution in [3.63, 3.8) is 0 Å². The minimum Gasteiger partial charge on any atom is -0.394 e. The van der Waals surface area contributed by atoms with Crippen molar-refractivity contribution in [2.24, 2.45) is 5.92 Å². The fourth-order valence-electron chi connectivity index (χ4n) is 3.53. The van der Waals surface area contributed by atoms with Gasteiger partial charge in [-0.2, -0.15) is 11.8 Å². The smallest absolute Gasteiger partial charge is 0.237 e. The molecule has 2 aliphatic rings. The monoisotopic (exact) mass is 314 g/mol. The van der Waals surface area contributed by atoms with E-state index < -0.39 is 5.54 Å². The summed E-state index contributed by atoms with van der Waals surface area (Å²) in [7, 11) is 0. The molecule has 2 fully saturated rings. The maximum Gasteiger partial charge on any atom is 0.237 e. The average Bonchev–Trinajstić information content (AvgIpc) is 2.55. The Kier molecular flexibility index (Phi) is 6.38. The zero-order valence-electron chi connectivity index (χ0n) is 13.4. The molecule has 2 N–H and O–H groups in total. The van der Waals surface area contributed by atoms with E-state index in [2.05, 4.69) is 10.2 Å². The summed E-state index contributed by atoms with van der Waals surface area (Å²) in [6, 6.07) is -0.0969. The molecule has 1 saturated carbocycles. The molecule has 5 heteroatoms. The third-order valence-electron chi connectivity index (χ3n) is 5.22. The van der Waals surface area contributed by atoms with Crippen LogP contribution < -0.4 is 5.32 Å². The lowest BCUT2D eigenvalue weighted by molar-refractivity contribution is -0.129. The average molecular weight is 314 g/mol. The first-order chi connectivity index (χ1) is 10.1. The van der Waals surface area contributed by atoms with Gasteiger partial charge >= 0.3 is 0 Å². The standard InChI is InChI=1S/C16H30N2O2S/c1-13(18-8-10-21-11-9-18)15(20)17-16(2,12-19)14-6-4-3-5-7-14/h13-14,19H,3-12H2,1-2H3,(H,17,20)/t13-,16-/m0/s1. The highest BCUT2D eigenvalue weighted by atomic mass is 32.2. The van der Waals surface area contributed by atoms with Crippen molar-refractivity contribution in [2.45, 2.75) is 57.5 Å². The van der Waals surface area contributed by atoms with Crippen LogP contribution >= 0.6 is 11.8 Å². The first kappa shape index (κ1) is 17.1. The minimum absolute atomic E-state index is 0.0337. The molecule has 1 saturated heterocycles. The lowest BCUT2D eigenvalue weighted by Gasteiger charge is -2.41. The number of aliphatic hydroxyl groups excluding tert-OH is 1. The van der Waals surface area contributed by atoms with Crippen molar-refractivity contribution in [3.8, 4) is 0 Å². The summed E-state index contributed by atoms with van der Waals surface area (Å²) in [5.41, 5.74) is -0.462. The van der Waals surface area contributed by atoms with Gasteiger partial charge < -0.3 is 10.4 Å². The molecular formula is C16H30N2O2S. The van der Waals surface area contributed by atoms with E-state index in [-0.39, 0.29) is 18.6 Å². The van der Waals surface area contributed by atoms with E-state index in [1.807, 2.05) is 25.6 Å². The number of hydrogen-bond donors (Lipinski definition) is 2. The van der Waals surface area contributed by atoms with Crippen molar-refractivity contribution >= 4 is 17.7 Å². The highest BCUT2D eigenvalue weighted by molar-refractivity contribution is 7.99. The summed E-state index contributed by atoms with van der Waals surface area (Å²) in [6.45, 7) is 6.01. The van der Waals surface area contributed by atoms with Crippen molar-refractivity contribution in [1.82, 2.24) is 10.2 Å². The molecule has 0 aromatic rings. The van der Waals surface area contributed by atoms with Gasteiger partial charge in [0.15, 0.2) is 0 Å². The summed E-state index contributed by atoms with van der Waals surface area (Å²) in [5.74, 6) is 2.70. The number of carbonyl (C=O) groups is 1. The molecule has 0 radical (unpaired) electrons. The topological polar surface area (TPSA) is 52.6 Å². The van der Waals surface area contributed by atoms with E-state index in [0.717, 1.165) is 37.4 Å². The van der Waals surface area contributed by atoms with E-state index in [4.69, 9.17) is 0 Å². The number of aliphatic hydroxyl groups is 1. The van der Waals surface area contributed by atoms with Crippen molar-refractivity contribution < 1.29 is 9.90 Å². The number of carbonyl (C=O) groups excluding carboxylic acids is 1. The Bertz CT molecular complexity index is 341. The number of nitrogens with zero attached hydrogens (tertiary/aromatic N) is 1. The molecule has 1 aliphatic carbocycles. The van der Waals surface area contributed by atoms with Crippen LogP contribution in [0.15, 0.2) is 0 Å². The van der Waals surface area contributed by atoms with Gasteiger partial charge in [0.05, 0.1) is 18.2 Å². The second kappa shape index (κ2) is 7.84. The van der Waals surface area contributed by atoms with Gasteiger partial charge in [0.2, 0.25) is 5.91 Å². The molecule has 2 rings (SSSR count). The lowest BCUT2D eigenvalue weighted by Crippen LogP contribution is -2.59. The van der Waals surface area contributed by atoms with E-state index >= 15 is 0 Å². The van der Waals surface area contributed by atoms with Crippen molar-refractivity contribution in [2.75, 3.05) is 31.2 Å². The summed E-state index contributed by atoms with van der Waals surface area (Å²) in [5, 5.41) is 13.0. The highest BCUT2D eigenvalue weighted by Gasteiger charge is 2.37. The molecule has 1 heterocycles. The molecule has 1 aliphatic heterocycles. The predicted octanol–water partition coefficient (Wildman–Crippen LogP) is 1.87. The summed E-state index contributed by atoms with van der Waals surface area (Å²) < 4.78 is 0. The largest absolute Gasteiger partial charge is 0.394 e. The van der Waals surface area contributed by atoms with Crippen LogP contribution in [0.5, 0.6) is 0 Å². The van der Waals surface area contributed by atoms with Gasteiger partial charge in [0.1, 0.15) is 0 Å². The Balaban J connectivity index is 1.94. The summed E-state index contributed by atoms with van der Waals surface area (Å²) in [4.78, 5) is 14.8. The Morgan fingerprint density at radius 1 is 1.33 bits per heavy atom.